The zero-order valence-electron chi connectivity index (χ0n) is 15.3. The van der Waals surface area contributed by atoms with E-state index in [4.69, 9.17) is 16.3 Å². The molecular weight excluding hydrogens is 400 g/mol. The molecule has 1 aromatic heterocycles. The van der Waals surface area contributed by atoms with E-state index in [2.05, 4.69) is 20.8 Å². The van der Waals surface area contributed by atoms with E-state index in [0.29, 0.717) is 17.3 Å². The van der Waals surface area contributed by atoms with Crippen molar-refractivity contribution in [3.63, 3.8) is 0 Å². The Hall–Kier alpha value is -2.84. The Morgan fingerprint density at radius 1 is 1.43 bits per heavy atom. The van der Waals surface area contributed by atoms with Crippen LogP contribution in [0, 0.1) is 0 Å². The lowest BCUT2D eigenvalue weighted by Crippen LogP contribution is -2.34. The van der Waals surface area contributed by atoms with E-state index in [1.807, 2.05) is 24.3 Å². The standard InChI is InChI=1S/C19H19ClN4O3S/c1-3-27-15-9-12(8-13(20)17(15)25)10-21-24-18(26)11(2)22-19-23-14-6-4-5-7-16(14)28-19/h4-11,25H,3H2,1-2H3,(H,22,23)(H,24,26)/b21-10+/t11-/m0/s1. The summed E-state index contributed by atoms with van der Waals surface area (Å²) in [6, 6.07) is 10.4. The molecule has 1 heterocycles. The molecule has 0 bridgehead atoms. The molecule has 0 saturated carbocycles. The summed E-state index contributed by atoms with van der Waals surface area (Å²) in [7, 11) is 0. The fourth-order valence-corrected chi connectivity index (χ4v) is 3.56. The number of anilines is 1. The highest BCUT2D eigenvalue weighted by Crippen LogP contribution is 2.34. The number of benzene rings is 2. The van der Waals surface area contributed by atoms with Crippen LogP contribution in [0.3, 0.4) is 0 Å². The van der Waals surface area contributed by atoms with Crippen LogP contribution in [-0.4, -0.2) is 34.9 Å². The van der Waals surface area contributed by atoms with Crippen molar-refractivity contribution in [1.29, 1.82) is 0 Å². The normalized spacial score (nSPS) is 12.2. The number of fused-ring (bicyclic) bond motifs is 1. The summed E-state index contributed by atoms with van der Waals surface area (Å²) in [5.41, 5.74) is 3.93. The highest BCUT2D eigenvalue weighted by Gasteiger charge is 2.14. The number of thiazole rings is 1. The Morgan fingerprint density at radius 3 is 2.96 bits per heavy atom. The van der Waals surface area contributed by atoms with Crippen LogP contribution < -0.4 is 15.5 Å². The van der Waals surface area contributed by atoms with Crippen LogP contribution in [-0.2, 0) is 4.79 Å². The number of rotatable bonds is 7. The number of nitrogens with one attached hydrogen (secondary N) is 2. The van der Waals surface area contributed by atoms with Crippen LogP contribution in [0.1, 0.15) is 19.4 Å². The Morgan fingerprint density at radius 2 is 2.21 bits per heavy atom. The van der Waals surface area contributed by atoms with Gasteiger partial charge in [-0.15, -0.1) is 0 Å². The van der Waals surface area contributed by atoms with Crippen molar-refractivity contribution in [3.8, 4) is 11.5 Å². The first-order valence-corrected chi connectivity index (χ1v) is 9.77. The predicted octanol–water partition coefficient (Wildman–Crippen LogP) is 4.00. The van der Waals surface area contributed by atoms with Gasteiger partial charge in [0, 0.05) is 0 Å². The molecule has 146 valence electrons. The second-order valence-electron chi connectivity index (χ2n) is 5.87. The van der Waals surface area contributed by atoms with E-state index in [9.17, 15) is 9.90 Å². The van der Waals surface area contributed by atoms with Crippen molar-refractivity contribution < 1.29 is 14.6 Å². The maximum absolute atomic E-state index is 12.2. The molecular formula is C19H19ClN4O3S. The summed E-state index contributed by atoms with van der Waals surface area (Å²) in [4.78, 5) is 16.7. The molecule has 0 fully saturated rings. The minimum atomic E-state index is -0.528. The number of phenolic OH excluding ortho intramolecular Hbond substituents is 1. The van der Waals surface area contributed by atoms with Crippen molar-refractivity contribution in [2.75, 3.05) is 11.9 Å². The van der Waals surface area contributed by atoms with Gasteiger partial charge < -0.3 is 15.2 Å². The minimum absolute atomic E-state index is 0.127. The summed E-state index contributed by atoms with van der Waals surface area (Å²) < 4.78 is 6.36. The molecule has 0 spiro atoms. The minimum Gasteiger partial charge on any atom is -0.503 e. The molecule has 0 aliphatic heterocycles. The van der Waals surface area contributed by atoms with E-state index in [0.717, 1.165) is 10.2 Å². The third-order valence-corrected chi connectivity index (χ3v) is 5.02. The van der Waals surface area contributed by atoms with Gasteiger partial charge in [0.2, 0.25) is 0 Å². The van der Waals surface area contributed by atoms with Crippen LogP contribution >= 0.6 is 22.9 Å². The average Bonchev–Trinajstić information content (AvgIpc) is 3.08. The quantitative estimate of drug-likeness (QED) is 0.398. The second kappa shape index (κ2) is 8.90. The molecule has 9 heteroatoms. The van der Waals surface area contributed by atoms with E-state index >= 15 is 0 Å². The van der Waals surface area contributed by atoms with Crippen molar-refractivity contribution in [1.82, 2.24) is 10.4 Å². The van der Waals surface area contributed by atoms with Gasteiger partial charge in [-0.25, -0.2) is 10.4 Å². The maximum atomic E-state index is 12.2. The lowest BCUT2D eigenvalue weighted by Gasteiger charge is -2.10. The number of hydrogen-bond acceptors (Lipinski definition) is 7. The first kappa shape index (κ1) is 19.9. The van der Waals surface area contributed by atoms with E-state index in [1.54, 1.807) is 19.9 Å². The summed E-state index contributed by atoms with van der Waals surface area (Å²) >= 11 is 7.46. The topological polar surface area (TPSA) is 95.8 Å². The molecule has 28 heavy (non-hydrogen) atoms. The molecule has 1 atom stereocenters. The van der Waals surface area contributed by atoms with Crippen molar-refractivity contribution in [2.24, 2.45) is 5.10 Å². The van der Waals surface area contributed by atoms with Gasteiger partial charge in [-0.1, -0.05) is 35.1 Å². The Bertz CT molecular complexity index is 989. The SMILES string of the molecule is CCOc1cc(/C=N/NC(=O)[C@H](C)Nc2nc3ccccc3s2)cc(Cl)c1O. The molecule has 3 rings (SSSR count). The first-order valence-electron chi connectivity index (χ1n) is 8.58. The largest absolute Gasteiger partial charge is 0.503 e. The van der Waals surface area contributed by atoms with Crippen molar-refractivity contribution >= 4 is 50.4 Å². The van der Waals surface area contributed by atoms with Gasteiger partial charge in [0.1, 0.15) is 6.04 Å². The molecule has 0 aliphatic rings. The second-order valence-corrected chi connectivity index (χ2v) is 7.31. The van der Waals surface area contributed by atoms with Crippen LogP contribution in [0.2, 0.25) is 5.02 Å². The predicted molar refractivity (Wildman–Crippen MR) is 113 cm³/mol. The lowest BCUT2D eigenvalue weighted by molar-refractivity contribution is -0.121. The Balaban J connectivity index is 1.61. The third kappa shape index (κ3) is 4.71. The van der Waals surface area contributed by atoms with Gasteiger partial charge in [-0.2, -0.15) is 5.10 Å². The number of amides is 1. The van der Waals surface area contributed by atoms with Gasteiger partial charge in [0.25, 0.3) is 5.91 Å². The number of aromatic nitrogens is 1. The summed E-state index contributed by atoms with van der Waals surface area (Å²) in [6.07, 6.45) is 1.43. The van der Waals surface area contributed by atoms with E-state index < -0.39 is 6.04 Å². The smallest absolute Gasteiger partial charge is 0.262 e. The van der Waals surface area contributed by atoms with Gasteiger partial charge in [0.15, 0.2) is 16.6 Å². The van der Waals surface area contributed by atoms with Gasteiger partial charge in [-0.05, 0) is 43.7 Å². The Labute approximate surface area is 171 Å². The number of hydrazone groups is 1. The molecule has 3 aromatic rings. The average molecular weight is 419 g/mol. The number of carbonyl (C=O) groups is 1. The number of nitrogens with zero attached hydrogens (tertiary/aromatic N) is 2. The molecule has 0 aliphatic carbocycles. The number of phenols is 1. The fraction of sp³-hybridized carbons (Fsp3) is 0.211. The molecule has 7 nitrogen and oxygen atoms in total. The number of para-hydroxylation sites is 1. The molecule has 0 radical (unpaired) electrons. The number of carbonyl (C=O) groups excluding carboxylic acids is 1. The lowest BCUT2D eigenvalue weighted by atomic mass is 10.2. The van der Waals surface area contributed by atoms with Gasteiger partial charge in [0.05, 0.1) is 28.1 Å². The number of halogens is 1. The molecule has 0 saturated heterocycles. The van der Waals surface area contributed by atoms with Gasteiger partial charge in [-0.3, -0.25) is 4.79 Å². The molecule has 2 aromatic carbocycles. The summed E-state index contributed by atoms with van der Waals surface area (Å²) in [6.45, 7) is 3.91. The summed E-state index contributed by atoms with van der Waals surface area (Å²) in [5.74, 6) is -0.183. The van der Waals surface area contributed by atoms with Crippen molar-refractivity contribution in [3.05, 3.63) is 47.0 Å². The summed E-state index contributed by atoms with van der Waals surface area (Å²) in [5, 5.41) is 17.7. The highest BCUT2D eigenvalue weighted by atomic mass is 35.5. The van der Waals surface area contributed by atoms with E-state index in [-0.39, 0.29) is 22.4 Å². The zero-order valence-corrected chi connectivity index (χ0v) is 16.8. The van der Waals surface area contributed by atoms with E-state index in [1.165, 1.54) is 23.6 Å². The highest BCUT2D eigenvalue weighted by molar-refractivity contribution is 7.22. The van der Waals surface area contributed by atoms with Crippen LogP contribution in [0.5, 0.6) is 11.5 Å². The molecule has 1 amide bonds. The number of aromatic hydroxyl groups is 1. The monoisotopic (exact) mass is 418 g/mol. The maximum Gasteiger partial charge on any atom is 0.262 e. The van der Waals surface area contributed by atoms with Crippen LogP contribution in [0.4, 0.5) is 5.13 Å². The third-order valence-electron chi connectivity index (χ3n) is 3.77. The number of hydrogen-bond donors (Lipinski definition) is 3. The zero-order chi connectivity index (χ0) is 20.1. The fourth-order valence-electron chi connectivity index (χ4n) is 2.39. The van der Waals surface area contributed by atoms with Crippen LogP contribution in [0.15, 0.2) is 41.5 Å². The number of ether oxygens (including phenoxy) is 1. The van der Waals surface area contributed by atoms with Crippen molar-refractivity contribution in [2.45, 2.75) is 19.9 Å². The van der Waals surface area contributed by atoms with Gasteiger partial charge >= 0.3 is 0 Å². The molecule has 0 unspecified atom stereocenters. The van der Waals surface area contributed by atoms with Crippen LogP contribution in [0.25, 0.3) is 10.2 Å². The molecule has 3 N–H and O–H groups in total. The Kier molecular flexibility index (Phi) is 6.33. The first-order chi connectivity index (χ1) is 13.5.